The summed E-state index contributed by atoms with van der Waals surface area (Å²) in [5.74, 6) is -1.13. The van der Waals surface area contributed by atoms with Gasteiger partial charge in [-0.15, -0.1) is 9.06 Å². The van der Waals surface area contributed by atoms with E-state index >= 15 is 0 Å². The molecule has 324 valence electrons. The van der Waals surface area contributed by atoms with Crippen LogP contribution < -0.4 is 9.74 Å². The number of rotatable bonds is 19. The Bertz CT molecular complexity index is 2450. The van der Waals surface area contributed by atoms with E-state index in [-0.39, 0.29) is 29.2 Å². The number of hydrogen-bond donors (Lipinski definition) is 4. The summed E-state index contributed by atoms with van der Waals surface area (Å²) in [7, 11) is -6.88. The van der Waals surface area contributed by atoms with Crippen molar-refractivity contribution >= 4 is 55.2 Å². The fourth-order valence-electron chi connectivity index (χ4n) is 7.42. The maximum Gasteiger partial charge on any atom is 0.333 e. The number of hydrogen-bond acceptors (Lipinski definition) is 13. The predicted molar refractivity (Wildman–Crippen MR) is 227 cm³/mol. The van der Waals surface area contributed by atoms with E-state index in [0.29, 0.717) is 30.0 Å². The minimum Gasteiger partial charge on any atom is -0.492 e. The van der Waals surface area contributed by atoms with Crippen molar-refractivity contribution in [3.8, 4) is 11.8 Å². The fourth-order valence-corrected chi connectivity index (χ4v) is 9.52. The lowest BCUT2D eigenvalue weighted by Crippen LogP contribution is -2.29. The van der Waals surface area contributed by atoms with E-state index in [2.05, 4.69) is 18.8 Å². The summed E-state index contributed by atoms with van der Waals surface area (Å²) < 4.78 is 69.3. The second kappa shape index (κ2) is 18.9. The molecule has 2 aliphatic rings. The summed E-state index contributed by atoms with van der Waals surface area (Å²) in [6, 6.07) is 12.0. The monoisotopic (exact) mass is 887 g/mol. The zero-order valence-corrected chi connectivity index (χ0v) is 36.6. The van der Waals surface area contributed by atoms with Gasteiger partial charge in [0.2, 0.25) is 27.5 Å². The van der Waals surface area contributed by atoms with Gasteiger partial charge < -0.3 is 20.0 Å². The van der Waals surface area contributed by atoms with Crippen LogP contribution in [0.15, 0.2) is 107 Å². The highest BCUT2D eigenvalue weighted by molar-refractivity contribution is 7.94. The molecule has 2 aromatic carbocycles. The molecule has 3 aromatic rings. The molecule has 0 saturated carbocycles. The summed E-state index contributed by atoms with van der Waals surface area (Å²) in [6.45, 7) is 11.3. The average Bonchev–Trinajstić information content (AvgIpc) is 3.71. The molecule has 0 bridgehead atoms. The third-order valence-electron chi connectivity index (χ3n) is 10.5. The maximum atomic E-state index is 13.7. The highest BCUT2D eigenvalue weighted by atomic mass is 32.2. The summed E-state index contributed by atoms with van der Waals surface area (Å²) in [5.41, 5.74) is 4.08. The van der Waals surface area contributed by atoms with Crippen molar-refractivity contribution in [2.75, 3.05) is 37.3 Å². The summed E-state index contributed by atoms with van der Waals surface area (Å²) in [4.78, 5) is 19.3. The second-order valence-corrected chi connectivity index (χ2v) is 19.3. The molecule has 0 fully saturated rings. The van der Waals surface area contributed by atoms with E-state index in [1.165, 1.54) is 23.5 Å². The van der Waals surface area contributed by atoms with E-state index < -0.39 is 48.7 Å². The van der Waals surface area contributed by atoms with E-state index in [1.54, 1.807) is 18.2 Å². The van der Waals surface area contributed by atoms with E-state index in [1.807, 2.05) is 83.2 Å². The Morgan fingerprint density at radius 3 is 2.20 bits per heavy atom. The molecule has 0 unspecified atom stereocenters. The lowest BCUT2D eigenvalue weighted by Gasteiger charge is -2.25. The van der Waals surface area contributed by atoms with Crippen LogP contribution in [-0.2, 0) is 45.1 Å². The Morgan fingerprint density at radius 1 is 0.883 bits per heavy atom. The first-order valence-electron chi connectivity index (χ1n) is 19.0. The van der Waals surface area contributed by atoms with Crippen molar-refractivity contribution in [3.05, 3.63) is 108 Å². The van der Waals surface area contributed by atoms with Crippen LogP contribution in [0.25, 0.3) is 0 Å². The smallest absolute Gasteiger partial charge is 0.333 e. The number of aromatic hydroxyl groups is 2. The van der Waals surface area contributed by atoms with Crippen LogP contribution >= 0.6 is 12.0 Å². The Hall–Kier alpha value is -4.73. The van der Waals surface area contributed by atoms with Crippen LogP contribution in [0.4, 0.5) is 11.4 Å². The Balaban J connectivity index is 1.28. The molecule has 19 heteroatoms. The number of benzene rings is 2. The molecule has 60 heavy (non-hydrogen) atoms. The first-order valence-corrected chi connectivity index (χ1v) is 22.8. The van der Waals surface area contributed by atoms with Crippen LogP contribution in [-0.4, -0.2) is 94.6 Å². The van der Waals surface area contributed by atoms with Gasteiger partial charge in [0.1, 0.15) is 6.54 Å². The molecule has 0 aliphatic carbocycles. The number of sulfonamides is 1. The number of anilines is 1. The minimum absolute atomic E-state index is 0.0274. The maximum absolute atomic E-state index is 13.7. The molecule has 4 N–H and O–H groups in total. The second-order valence-electron chi connectivity index (χ2n) is 15.1. The highest BCUT2D eigenvalue weighted by Gasteiger charge is 2.45. The standard InChI is InChI=1S/C41H50N4O12S3/c1-7-43-33-20-18-29(59(50,51)42(6)24-13-17-39(48)55-45-37(46)22-23-38(45)47)27-31(33)40(2,3)35(43)15-11-9-8-10-12-16-36-41(4,5)32-28-30(60(52,53)54)19-21-34(32)44(36)25-14-26-58-57-56-49/h8-12,15-16,18-23,27-28H,7,13-14,17,24-26H2,1-6H3,(H3-,46,47,49,52,53,54)/p+1. The molecule has 5 rings (SSSR count). The van der Waals surface area contributed by atoms with Crippen LogP contribution in [0, 0.1) is 0 Å². The van der Waals surface area contributed by atoms with Gasteiger partial charge in [0.15, 0.2) is 5.71 Å². The van der Waals surface area contributed by atoms with Gasteiger partial charge in [-0.3, -0.25) is 4.55 Å². The van der Waals surface area contributed by atoms with Gasteiger partial charge in [0.05, 0.1) is 15.2 Å². The third-order valence-corrected chi connectivity index (χ3v) is 13.8. The largest absolute Gasteiger partial charge is 0.492 e. The molecular formula is C41H51N4O12S3+. The Morgan fingerprint density at radius 2 is 1.53 bits per heavy atom. The molecule has 0 amide bonds. The number of nitrogens with zero attached hydrogens (tertiary/aromatic N) is 4. The number of carbonyl (C=O) groups is 1. The van der Waals surface area contributed by atoms with E-state index in [9.17, 15) is 36.4 Å². The molecule has 0 spiro atoms. The van der Waals surface area contributed by atoms with Crippen LogP contribution in [0.5, 0.6) is 11.8 Å². The topological polar surface area (TPSA) is 208 Å². The van der Waals surface area contributed by atoms with Gasteiger partial charge in [0.25, 0.3) is 10.1 Å². The van der Waals surface area contributed by atoms with Crippen molar-refractivity contribution in [3.63, 3.8) is 0 Å². The first kappa shape index (κ1) is 46.3. The van der Waals surface area contributed by atoms with Crippen molar-refractivity contribution in [1.82, 2.24) is 9.04 Å². The molecule has 1 aromatic heterocycles. The van der Waals surface area contributed by atoms with Gasteiger partial charge in [-0.1, -0.05) is 49.3 Å². The average molecular weight is 888 g/mol. The van der Waals surface area contributed by atoms with Crippen LogP contribution in [0.1, 0.15) is 65.0 Å². The van der Waals surface area contributed by atoms with Gasteiger partial charge in [-0.25, -0.2) is 22.8 Å². The zero-order chi connectivity index (χ0) is 44.0. The van der Waals surface area contributed by atoms with E-state index in [4.69, 9.17) is 10.1 Å². The van der Waals surface area contributed by atoms with Crippen LogP contribution in [0.2, 0.25) is 0 Å². The van der Waals surface area contributed by atoms with Crippen molar-refractivity contribution < 1.29 is 60.4 Å². The molecule has 0 radical (unpaired) electrons. The van der Waals surface area contributed by atoms with Gasteiger partial charge in [-0.05, 0) is 69.2 Å². The molecule has 3 heterocycles. The summed E-state index contributed by atoms with van der Waals surface area (Å²) in [6.07, 6.45) is 14.1. The Labute approximate surface area is 354 Å². The first-order chi connectivity index (χ1) is 28.3. The number of aromatic nitrogens is 1. The normalized spacial score (nSPS) is 16.9. The quantitative estimate of drug-likeness (QED) is 0.0195. The predicted octanol–water partition coefficient (Wildman–Crippen LogP) is 6.41. The zero-order valence-electron chi connectivity index (χ0n) is 34.2. The fraction of sp³-hybridized carbons (Fsp3) is 0.366. The molecular weight excluding hydrogens is 837 g/mol. The number of likely N-dealkylation sites (N-methyl/N-ethyl adjacent to an activating group) is 1. The highest BCUT2D eigenvalue weighted by Crippen LogP contribution is 2.48. The molecule has 0 saturated heterocycles. The SMILES string of the molecule is CCN1C(=CC=CC=CC=CC2=[N+](CCCSOOO)c3ccc(S(=O)(=O)O)cc3C2(C)C)C(C)(C)c2cc(S(=O)(=O)N(C)CCCC(=O)On3c(O)ccc3O)ccc21. The molecule has 16 nitrogen and oxygen atoms in total. The summed E-state index contributed by atoms with van der Waals surface area (Å²) >= 11 is 0.953. The van der Waals surface area contributed by atoms with Crippen molar-refractivity contribution in [2.45, 2.75) is 74.5 Å². The number of carbonyl (C=O) groups excluding carboxylic acids is 1. The van der Waals surface area contributed by atoms with Gasteiger partial charge in [-0.2, -0.15) is 13.0 Å². The van der Waals surface area contributed by atoms with E-state index in [0.717, 1.165) is 58.1 Å². The van der Waals surface area contributed by atoms with Gasteiger partial charge >= 0.3 is 5.97 Å². The number of fused-ring (bicyclic) bond motifs is 2. The molecule has 2 aliphatic heterocycles. The number of allylic oxidation sites excluding steroid dienone is 8. The third kappa shape index (κ3) is 9.90. The van der Waals surface area contributed by atoms with Crippen LogP contribution in [0.3, 0.4) is 0 Å². The summed E-state index contributed by atoms with van der Waals surface area (Å²) in [5, 5.41) is 31.5. The van der Waals surface area contributed by atoms with Crippen molar-refractivity contribution in [1.29, 1.82) is 0 Å². The van der Waals surface area contributed by atoms with Gasteiger partial charge in [0, 0.05) is 97.4 Å². The lowest BCUT2D eigenvalue weighted by atomic mass is 9.81. The minimum atomic E-state index is -4.40. The lowest BCUT2D eigenvalue weighted by molar-refractivity contribution is -0.438. The Kier molecular flexibility index (Phi) is 14.6. The molecule has 0 atom stereocenters. The van der Waals surface area contributed by atoms with Crippen molar-refractivity contribution in [2.24, 2.45) is 0 Å².